The van der Waals surface area contributed by atoms with Gasteiger partial charge in [-0.15, -0.1) is 0 Å². The van der Waals surface area contributed by atoms with Gasteiger partial charge in [-0.3, -0.25) is 9.80 Å². The highest BCUT2D eigenvalue weighted by Crippen LogP contribution is 2.26. The molecule has 1 aliphatic rings. The van der Waals surface area contributed by atoms with Gasteiger partial charge in [0.2, 0.25) is 0 Å². The maximum absolute atomic E-state index is 5.26. The summed E-state index contributed by atoms with van der Waals surface area (Å²) in [6.07, 6.45) is 1.84. The molecule has 0 radical (unpaired) electrons. The molecule has 1 aromatic carbocycles. The molecular weight excluding hydrogens is 288 g/mol. The zero-order chi connectivity index (χ0) is 16.2. The van der Waals surface area contributed by atoms with Gasteiger partial charge in [-0.2, -0.15) is 0 Å². The Labute approximate surface area is 137 Å². The normalized spacial score (nSPS) is 19.7. The Morgan fingerprint density at radius 3 is 2.65 bits per heavy atom. The SMILES string of the molecule is COc1ccc([C@H]2CN(Cc3ccnc(C)n3)CCN2C)cc1. The van der Waals surface area contributed by atoms with Gasteiger partial charge in [0.05, 0.1) is 12.8 Å². The van der Waals surface area contributed by atoms with Crippen LogP contribution in [0, 0.1) is 6.92 Å². The first-order chi connectivity index (χ1) is 11.2. The predicted octanol–water partition coefficient (Wildman–Crippen LogP) is 2.28. The Morgan fingerprint density at radius 2 is 1.96 bits per heavy atom. The van der Waals surface area contributed by atoms with Crippen molar-refractivity contribution in [2.24, 2.45) is 0 Å². The molecule has 0 N–H and O–H groups in total. The van der Waals surface area contributed by atoms with Gasteiger partial charge < -0.3 is 4.74 Å². The predicted molar refractivity (Wildman–Crippen MR) is 90.4 cm³/mol. The number of nitrogens with zero attached hydrogens (tertiary/aromatic N) is 4. The van der Waals surface area contributed by atoms with Crippen molar-refractivity contribution in [3.8, 4) is 5.75 Å². The van der Waals surface area contributed by atoms with E-state index in [4.69, 9.17) is 4.74 Å². The van der Waals surface area contributed by atoms with Crippen molar-refractivity contribution >= 4 is 0 Å². The third-order valence-corrected chi connectivity index (χ3v) is 4.45. The number of rotatable bonds is 4. The van der Waals surface area contributed by atoms with Crippen LogP contribution < -0.4 is 4.74 Å². The highest BCUT2D eigenvalue weighted by atomic mass is 16.5. The smallest absolute Gasteiger partial charge is 0.125 e. The summed E-state index contributed by atoms with van der Waals surface area (Å²) in [4.78, 5) is 13.6. The molecule has 0 unspecified atom stereocenters. The van der Waals surface area contributed by atoms with Crippen molar-refractivity contribution in [1.82, 2.24) is 19.8 Å². The van der Waals surface area contributed by atoms with Crippen molar-refractivity contribution in [3.63, 3.8) is 0 Å². The number of hydrogen-bond acceptors (Lipinski definition) is 5. The van der Waals surface area contributed by atoms with Crippen LogP contribution >= 0.6 is 0 Å². The van der Waals surface area contributed by atoms with Crippen molar-refractivity contribution in [2.45, 2.75) is 19.5 Å². The standard InChI is InChI=1S/C18H24N4O/c1-14-19-9-8-16(20-14)12-22-11-10-21(2)18(13-22)15-4-6-17(23-3)7-5-15/h4-9,18H,10-13H2,1-3H3/t18-/m1/s1. The van der Waals surface area contributed by atoms with Crippen LogP contribution in [0.5, 0.6) is 5.75 Å². The Kier molecular flexibility index (Phi) is 4.88. The summed E-state index contributed by atoms with van der Waals surface area (Å²) < 4.78 is 5.26. The largest absolute Gasteiger partial charge is 0.497 e. The molecule has 5 nitrogen and oxygen atoms in total. The molecular formula is C18H24N4O. The summed E-state index contributed by atoms with van der Waals surface area (Å²) in [6.45, 7) is 5.94. The van der Waals surface area contributed by atoms with Crippen molar-refractivity contribution in [2.75, 3.05) is 33.8 Å². The van der Waals surface area contributed by atoms with Gasteiger partial charge in [0, 0.05) is 38.4 Å². The average Bonchev–Trinajstić information content (AvgIpc) is 2.57. The Balaban J connectivity index is 1.70. The van der Waals surface area contributed by atoms with Crippen LogP contribution in [0.25, 0.3) is 0 Å². The number of benzene rings is 1. The molecule has 0 saturated carbocycles. The molecule has 1 fully saturated rings. The molecule has 2 heterocycles. The molecule has 0 spiro atoms. The van der Waals surface area contributed by atoms with Gasteiger partial charge in [-0.1, -0.05) is 12.1 Å². The summed E-state index contributed by atoms with van der Waals surface area (Å²) in [7, 11) is 3.90. The maximum Gasteiger partial charge on any atom is 0.125 e. The molecule has 0 amide bonds. The zero-order valence-corrected chi connectivity index (χ0v) is 14.1. The molecule has 1 aliphatic heterocycles. The van der Waals surface area contributed by atoms with E-state index >= 15 is 0 Å². The van der Waals surface area contributed by atoms with E-state index in [1.54, 1.807) is 7.11 Å². The quantitative estimate of drug-likeness (QED) is 0.866. The Hall–Kier alpha value is -1.98. The molecule has 0 aliphatic carbocycles. The van der Waals surface area contributed by atoms with E-state index < -0.39 is 0 Å². The first-order valence-corrected chi connectivity index (χ1v) is 8.01. The van der Waals surface area contributed by atoms with E-state index in [0.29, 0.717) is 6.04 Å². The summed E-state index contributed by atoms with van der Waals surface area (Å²) >= 11 is 0. The molecule has 1 saturated heterocycles. The van der Waals surface area contributed by atoms with Crippen molar-refractivity contribution in [3.05, 3.63) is 53.6 Å². The molecule has 0 bridgehead atoms. The molecule has 2 aromatic rings. The van der Waals surface area contributed by atoms with Crippen LogP contribution in [0.4, 0.5) is 0 Å². The highest BCUT2D eigenvalue weighted by Gasteiger charge is 2.25. The summed E-state index contributed by atoms with van der Waals surface area (Å²) in [6, 6.07) is 10.8. The van der Waals surface area contributed by atoms with E-state index in [2.05, 4.69) is 38.9 Å². The third kappa shape index (κ3) is 3.86. The molecule has 3 rings (SSSR count). The van der Waals surface area contributed by atoms with Crippen LogP contribution in [0.1, 0.15) is 23.1 Å². The van der Waals surface area contributed by atoms with Gasteiger partial charge in [-0.25, -0.2) is 9.97 Å². The van der Waals surface area contributed by atoms with Crippen LogP contribution in [-0.4, -0.2) is 53.6 Å². The van der Waals surface area contributed by atoms with Crippen molar-refractivity contribution < 1.29 is 4.74 Å². The number of ether oxygens (including phenoxy) is 1. The second kappa shape index (κ2) is 7.06. The number of piperazine rings is 1. The van der Waals surface area contributed by atoms with E-state index in [0.717, 1.165) is 43.4 Å². The van der Waals surface area contributed by atoms with Gasteiger partial charge in [0.25, 0.3) is 0 Å². The molecule has 1 aromatic heterocycles. The third-order valence-electron chi connectivity index (χ3n) is 4.45. The zero-order valence-electron chi connectivity index (χ0n) is 14.1. The number of aromatic nitrogens is 2. The van der Waals surface area contributed by atoms with E-state index in [1.807, 2.05) is 31.3 Å². The van der Waals surface area contributed by atoms with Crippen LogP contribution in [0.3, 0.4) is 0 Å². The van der Waals surface area contributed by atoms with E-state index in [1.165, 1.54) is 5.56 Å². The highest BCUT2D eigenvalue weighted by molar-refractivity contribution is 5.29. The minimum absolute atomic E-state index is 0.401. The van der Waals surface area contributed by atoms with Crippen molar-refractivity contribution in [1.29, 1.82) is 0 Å². The molecule has 5 heteroatoms. The Bertz CT molecular complexity index is 644. The van der Waals surface area contributed by atoms with Crippen LogP contribution in [-0.2, 0) is 6.54 Å². The number of methoxy groups -OCH3 is 1. The number of likely N-dealkylation sites (N-methyl/N-ethyl adjacent to an activating group) is 1. The molecule has 1 atom stereocenters. The van der Waals surface area contributed by atoms with Crippen LogP contribution in [0.2, 0.25) is 0 Å². The van der Waals surface area contributed by atoms with Gasteiger partial charge in [0.15, 0.2) is 0 Å². The number of aryl methyl sites for hydroxylation is 1. The van der Waals surface area contributed by atoms with E-state index in [-0.39, 0.29) is 0 Å². The average molecular weight is 312 g/mol. The molecule has 122 valence electrons. The minimum Gasteiger partial charge on any atom is -0.497 e. The fourth-order valence-electron chi connectivity index (χ4n) is 3.08. The van der Waals surface area contributed by atoms with Gasteiger partial charge in [-0.05, 0) is 37.7 Å². The summed E-state index contributed by atoms with van der Waals surface area (Å²) in [5.74, 6) is 1.74. The minimum atomic E-state index is 0.401. The summed E-state index contributed by atoms with van der Waals surface area (Å²) in [5.41, 5.74) is 2.42. The fourth-order valence-corrected chi connectivity index (χ4v) is 3.08. The van der Waals surface area contributed by atoms with E-state index in [9.17, 15) is 0 Å². The lowest BCUT2D eigenvalue weighted by atomic mass is 10.0. The van der Waals surface area contributed by atoms with Gasteiger partial charge >= 0.3 is 0 Å². The second-order valence-corrected chi connectivity index (χ2v) is 6.10. The maximum atomic E-state index is 5.26. The first kappa shape index (κ1) is 15.9. The summed E-state index contributed by atoms with van der Waals surface area (Å²) in [5, 5.41) is 0. The monoisotopic (exact) mass is 312 g/mol. The second-order valence-electron chi connectivity index (χ2n) is 6.10. The fraction of sp³-hybridized carbons (Fsp3) is 0.444. The first-order valence-electron chi connectivity index (χ1n) is 8.01. The lowest BCUT2D eigenvalue weighted by Crippen LogP contribution is -2.46. The Morgan fingerprint density at radius 1 is 1.17 bits per heavy atom. The lowest BCUT2D eigenvalue weighted by Gasteiger charge is -2.39. The molecule has 23 heavy (non-hydrogen) atoms. The van der Waals surface area contributed by atoms with Crippen LogP contribution in [0.15, 0.2) is 36.5 Å². The van der Waals surface area contributed by atoms with Gasteiger partial charge in [0.1, 0.15) is 11.6 Å². The topological polar surface area (TPSA) is 41.5 Å². The lowest BCUT2D eigenvalue weighted by molar-refractivity contribution is 0.0895. The number of hydrogen-bond donors (Lipinski definition) is 0.